The summed E-state index contributed by atoms with van der Waals surface area (Å²) in [5, 5.41) is 5.80. The average molecular weight is 428 g/mol. The Balaban J connectivity index is 1.54. The number of furan rings is 1. The highest BCUT2D eigenvalue weighted by molar-refractivity contribution is 7.90. The van der Waals surface area contributed by atoms with Crippen LogP contribution in [-0.4, -0.2) is 32.7 Å². The van der Waals surface area contributed by atoms with Crippen molar-refractivity contribution in [1.29, 1.82) is 0 Å². The molecule has 2 aromatic carbocycles. The minimum absolute atomic E-state index is 0.158. The van der Waals surface area contributed by atoms with Crippen molar-refractivity contribution in [2.45, 2.75) is 4.90 Å². The van der Waals surface area contributed by atoms with Gasteiger partial charge in [0.15, 0.2) is 32.1 Å². The number of carbonyl (C=O) groups excluding carboxylic acids is 1. The maximum Gasteiger partial charge on any atom is 0.257 e. The number of amides is 1. The van der Waals surface area contributed by atoms with E-state index in [-0.39, 0.29) is 10.8 Å². The lowest BCUT2D eigenvalue weighted by atomic mass is 10.2. The molecule has 148 valence electrons. The van der Waals surface area contributed by atoms with Crippen LogP contribution in [0.15, 0.2) is 63.2 Å². The molecule has 0 atom stereocenters. The van der Waals surface area contributed by atoms with Crippen molar-refractivity contribution in [3.05, 3.63) is 59.5 Å². The van der Waals surface area contributed by atoms with Crippen LogP contribution in [0.1, 0.15) is 10.4 Å². The quantitative estimate of drug-likeness (QED) is 0.511. The van der Waals surface area contributed by atoms with Crippen molar-refractivity contribution in [3.8, 4) is 17.2 Å². The summed E-state index contributed by atoms with van der Waals surface area (Å²) in [6.07, 6.45) is 1.12. The van der Waals surface area contributed by atoms with Gasteiger partial charge in [0.2, 0.25) is 0 Å². The molecule has 2 heterocycles. The molecule has 0 aliphatic rings. The van der Waals surface area contributed by atoms with Crippen LogP contribution in [0.4, 0.5) is 5.13 Å². The Morgan fingerprint density at radius 2 is 1.93 bits per heavy atom. The molecular weight excluding hydrogens is 412 g/mol. The second kappa shape index (κ2) is 7.34. The Labute approximate surface area is 170 Å². The van der Waals surface area contributed by atoms with E-state index in [0.717, 1.165) is 11.6 Å². The predicted molar refractivity (Wildman–Crippen MR) is 111 cm³/mol. The highest BCUT2D eigenvalue weighted by Gasteiger charge is 2.15. The van der Waals surface area contributed by atoms with Crippen molar-refractivity contribution in [2.24, 2.45) is 0 Å². The molecule has 0 aliphatic heterocycles. The minimum Gasteiger partial charge on any atom is -0.493 e. The number of hydrogen-bond donors (Lipinski definition) is 1. The van der Waals surface area contributed by atoms with Crippen LogP contribution >= 0.6 is 11.3 Å². The lowest BCUT2D eigenvalue weighted by Gasteiger charge is -2.03. The third-order valence-electron chi connectivity index (χ3n) is 4.25. The molecule has 0 saturated carbocycles. The smallest absolute Gasteiger partial charge is 0.257 e. The zero-order valence-corrected chi connectivity index (χ0v) is 17.1. The fourth-order valence-electron chi connectivity index (χ4n) is 2.79. The molecule has 2 aromatic heterocycles. The van der Waals surface area contributed by atoms with Crippen molar-refractivity contribution < 1.29 is 22.4 Å². The molecule has 1 amide bonds. The van der Waals surface area contributed by atoms with Gasteiger partial charge in [-0.2, -0.15) is 0 Å². The lowest BCUT2D eigenvalue weighted by molar-refractivity contribution is 0.102. The molecular formula is C20H16N2O5S2. The molecule has 9 heteroatoms. The van der Waals surface area contributed by atoms with Gasteiger partial charge in [-0.3, -0.25) is 10.1 Å². The van der Waals surface area contributed by atoms with Gasteiger partial charge in [0.25, 0.3) is 5.91 Å². The van der Waals surface area contributed by atoms with E-state index in [1.54, 1.807) is 12.5 Å². The first kappa shape index (κ1) is 19.2. The molecule has 4 aromatic rings. The number of rotatable bonds is 5. The van der Waals surface area contributed by atoms with Crippen LogP contribution in [0, 0.1) is 0 Å². The normalized spacial score (nSPS) is 11.5. The molecule has 0 bridgehead atoms. The number of aromatic nitrogens is 1. The second-order valence-electron chi connectivity index (χ2n) is 6.28. The van der Waals surface area contributed by atoms with Crippen LogP contribution in [-0.2, 0) is 9.84 Å². The highest BCUT2D eigenvalue weighted by Crippen LogP contribution is 2.34. The number of hydrogen-bond acceptors (Lipinski definition) is 7. The van der Waals surface area contributed by atoms with Gasteiger partial charge >= 0.3 is 0 Å². The zero-order chi connectivity index (χ0) is 20.6. The van der Waals surface area contributed by atoms with E-state index in [2.05, 4.69) is 10.3 Å². The maximum absolute atomic E-state index is 12.4. The van der Waals surface area contributed by atoms with Gasteiger partial charge in [-0.25, -0.2) is 13.4 Å². The molecule has 0 saturated heterocycles. The summed E-state index contributed by atoms with van der Waals surface area (Å²) < 4.78 is 34.2. The Morgan fingerprint density at radius 3 is 2.62 bits per heavy atom. The van der Waals surface area contributed by atoms with Gasteiger partial charge in [0, 0.05) is 22.6 Å². The number of fused-ring (bicyclic) bond motifs is 1. The predicted octanol–water partition coefficient (Wildman–Crippen LogP) is 4.22. The van der Waals surface area contributed by atoms with E-state index in [1.165, 1.54) is 35.6 Å². The molecule has 0 fully saturated rings. The van der Waals surface area contributed by atoms with Crippen LogP contribution in [0.5, 0.6) is 5.75 Å². The summed E-state index contributed by atoms with van der Waals surface area (Å²) in [4.78, 5) is 17.0. The second-order valence-corrected chi connectivity index (χ2v) is 9.15. The SMILES string of the molecule is COc1cccc2cc(-c3csc(NC(=O)c4ccc(S(C)(=O)=O)cc4)n3)oc12. The van der Waals surface area contributed by atoms with Crippen molar-refractivity contribution in [2.75, 3.05) is 18.7 Å². The summed E-state index contributed by atoms with van der Waals surface area (Å²) in [6.45, 7) is 0. The van der Waals surface area contributed by atoms with Gasteiger partial charge < -0.3 is 9.15 Å². The van der Waals surface area contributed by atoms with Crippen molar-refractivity contribution >= 4 is 43.2 Å². The number of nitrogens with zero attached hydrogens (tertiary/aromatic N) is 1. The number of ether oxygens (including phenoxy) is 1. The first-order valence-electron chi connectivity index (χ1n) is 8.49. The first-order chi connectivity index (χ1) is 13.8. The zero-order valence-electron chi connectivity index (χ0n) is 15.5. The minimum atomic E-state index is -3.31. The molecule has 29 heavy (non-hydrogen) atoms. The van der Waals surface area contributed by atoms with Gasteiger partial charge in [0.1, 0.15) is 5.69 Å². The maximum atomic E-state index is 12.4. The van der Waals surface area contributed by atoms with Crippen LogP contribution in [0.25, 0.3) is 22.4 Å². The van der Waals surface area contributed by atoms with Crippen LogP contribution < -0.4 is 10.1 Å². The average Bonchev–Trinajstić information content (AvgIpc) is 3.33. The van der Waals surface area contributed by atoms with Crippen LogP contribution in [0.3, 0.4) is 0 Å². The molecule has 1 N–H and O–H groups in total. The Morgan fingerprint density at radius 1 is 1.17 bits per heavy atom. The topological polar surface area (TPSA) is 98.5 Å². The van der Waals surface area contributed by atoms with E-state index in [9.17, 15) is 13.2 Å². The molecule has 0 unspecified atom stereocenters. The Hall–Kier alpha value is -3.17. The molecule has 7 nitrogen and oxygen atoms in total. The molecule has 0 spiro atoms. The number of nitrogens with one attached hydrogen (secondary N) is 1. The highest BCUT2D eigenvalue weighted by atomic mass is 32.2. The Bertz CT molecular complexity index is 1300. The van der Waals surface area contributed by atoms with E-state index in [1.807, 2.05) is 24.3 Å². The molecule has 4 rings (SSSR count). The Kier molecular flexibility index (Phi) is 4.85. The van der Waals surface area contributed by atoms with Gasteiger partial charge in [-0.1, -0.05) is 12.1 Å². The van der Waals surface area contributed by atoms with Gasteiger partial charge in [0.05, 0.1) is 12.0 Å². The summed E-state index contributed by atoms with van der Waals surface area (Å²) in [6, 6.07) is 13.2. The van der Waals surface area contributed by atoms with E-state index < -0.39 is 9.84 Å². The summed E-state index contributed by atoms with van der Waals surface area (Å²) >= 11 is 1.26. The van der Waals surface area contributed by atoms with E-state index >= 15 is 0 Å². The van der Waals surface area contributed by atoms with Crippen LogP contribution in [0.2, 0.25) is 0 Å². The summed E-state index contributed by atoms with van der Waals surface area (Å²) in [7, 11) is -1.73. The first-order valence-corrected chi connectivity index (χ1v) is 11.3. The largest absolute Gasteiger partial charge is 0.493 e. The number of carbonyl (C=O) groups is 1. The summed E-state index contributed by atoms with van der Waals surface area (Å²) in [5.41, 5.74) is 1.56. The number of methoxy groups -OCH3 is 1. The number of para-hydroxylation sites is 1. The third-order valence-corrected chi connectivity index (χ3v) is 6.14. The van der Waals surface area contributed by atoms with Crippen molar-refractivity contribution in [1.82, 2.24) is 4.98 Å². The lowest BCUT2D eigenvalue weighted by Crippen LogP contribution is -2.11. The number of thiazole rings is 1. The number of sulfone groups is 1. The monoisotopic (exact) mass is 428 g/mol. The fourth-order valence-corrected chi connectivity index (χ4v) is 4.12. The summed E-state index contributed by atoms with van der Waals surface area (Å²) in [5.74, 6) is 0.825. The number of anilines is 1. The number of benzene rings is 2. The third kappa shape index (κ3) is 3.87. The van der Waals surface area contributed by atoms with E-state index in [0.29, 0.717) is 33.5 Å². The fraction of sp³-hybridized carbons (Fsp3) is 0.100. The molecule has 0 radical (unpaired) electrons. The van der Waals surface area contributed by atoms with Gasteiger partial charge in [-0.05, 0) is 36.4 Å². The van der Waals surface area contributed by atoms with Gasteiger partial charge in [-0.15, -0.1) is 11.3 Å². The molecule has 0 aliphatic carbocycles. The van der Waals surface area contributed by atoms with Crippen molar-refractivity contribution in [3.63, 3.8) is 0 Å². The van der Waals surface area contributed by atoms with E-state index in [4.69, 9.17) is 9.15 Å². The standard InChI is InChI=1S/C20H16N2O5S2/c1-26-16-5-3-4-13-10-17(27-18(13)16)15-11-28-20(21-15)22-19(23)12-6-8-14(9-7-12)29(2,24)25/h3-11H,1-2H3,(H,21,22,23).